The molecule has 2 atom stereocenters. The van der Waals surface area contributed by atoms with Crippen LogP contribution in [-0.2, 0) is 22.6 Å². The number of nitrogens with zero attached hydrogens (tertiary/aromatic N) is 1. The van der Waals surface area contributed by atoms with Gasteiger partial charge in [-0.25, -0.2) is 0 Å². The summed E-state index contributed by atoms with van der Waals surface area (Å²) in [5.41, 5.74) is 1.85. The second-order valence-electron chi connectivity index (χ2n) is 7.53. The number of carbonyl (C=O) groups is 2. The minimum atomic E-state index is -0.112. The van der Waals surface area contributed by atoms with E-state index in [1.807, 2.05) is 24.3 Å². The van der Waals surface area contributed by atoms with Crippen molar-refractivity contribution in [2.24, 2.45) is 5.92 Å². The number of anilines is 1. The first-order valence-electron chi connectivity index (χ1n) is 9.38. The SMILES string of the molecule is C[C@H]1C[C@@H]1c1ccc(CN(C)C(=O)COc2ccc3c(c2)CCC(=O)N3)o1. The van der Waals surface area contributed by atoms with Crippen molar-refractivity contribution < 1.29 is 18.7 Å². The molecule has 1 aliphatic heterocycles. The zero-order chi connectivity index (χ0) is 19.0. The Kier molecular flexibility index (Phi) is 4.64. The van der Waals surface area contributed by atoms with Crippen LogP contribution in [0.5, 0.6) is 5.75 Å². The molecular weight excluding hydrogens is 344 g/mol. The fourth-order valence-corrected chi connectivity index (χ4v) is 3.42. The second kappa shape index (κ2) is 7.10. The van der Waals surface area contributed by atoms with Gasteiger partial charge in [-0.1, -0.05) is 6.92 Å². The van der Waals surface area contributed by atoms with E-state index in [2.05, 4.69) is 12.2 Å². The van der Waals surface area contributed by atoms with Crippen LogP contribution in [0.15, 0.2) is 34.7 Å². The van der Waals surface area contributed by atoms with Crippen molar-refractivity contribution in [1.82, 2.24) is 4.90 Å². The number of ether oxygens (including phenoxy) is 1. The molecular formula is C21H24N2O4. The maximum atomic E-state index is 12.4. The summed E-state index contributed by atoms with van der Waals surface area (Å²) in [5.74, 6) is 3.61. The minimum absolute atomic E-state index is 0.0326. The predicted molar refractivity (Wildman–Crippen MR) is 101 cm³/mol. The van der Waals surface area contributed by atoms with Crippen molar-refractivity contribution >= 4 is 17.5 Å². The van der Waals surface area contributed by atoms with Gasteiger partial charge in [0.15, 0.2) is 6.61 Å². The molecule has 0 unspecified atom stereocenters. The van der Waals surface area contributed by atoms with Crippen molar-refractivity contribution in [2.75, 3.05) is 19.0 Å². The van der Waals surface area contributed by atoms with E-state index in [1.165, 1.54) is 6.42 Å². The smallest absolute Gasteiger partial charge is 0.260 e. The van der Waals surface area contributed by atoms with E-state index >= 15 is 0 Å². The number of hydrogen-bond acceptors (Lipinski definition) is 4. The van der Waals surface area contributed by atoms with Gasteiger partial charge in [-0.05, 0) is 54.7 Å². The highest BCUT2D eigenvalue weighted by atomic mass is 16.5. The molecule has 1 fully saturated rings. The average molecular weight is 368 g/mol. The zero-order valence-electron chi connectivity index (χ0n) is 15.7. The second-order valence-corrected chi connectivity index (χ2v) is 7.53. The molecule has 142 valence electrons. The molecule has 1 N–H and O–H groups in total. The molecule has 4 rings (SSSR count). The lowest BCUT2D eigenvalue weighted by Gasteiger charge is -2.19. The number of nitrogens with one attached hydrogen (secondary N) is 1. The first kappa shape index (κ1) is 17.6. The molecule has 2 amide bonds. The Bertz CT molecular complexity index is 873. The van der Waals surface area contributed by atoms with Gasteiger partial charge in [0.25, 0.3) is 5.91 Å². The zero-order valence-corrected chi connectivity index (χ0v) is 15.7. The molecule has 6 heteroatoms. The Morgan fingerprint density at radius 2 is 2.11 bits per heavy atom. The summed E-state index contributed by atoms with van der Waals surface area (Å²) in [4.78, 5) is 25.4. The number of furan rings is 1. The van der Waals surface area contributed by atoms with Crippen LogP contribution in [0.3, 0.4) is 0 Å². The summed E-state index contributed by atoms with van der Waals surface area (Å²) >= 11 is 0. The average Bonchev–Trinajstić information content (AvgIpc) is 3.20. The van der Waals surface area contributed by atoms with Crippen LogP contribution in [0.2, 0.25) is 0 Å². The summed E-state index contributed by atoms with van der Waals surface area (Å²) in [6.45, 7) is 2.61. The van der Waals surface area contributed by atoms with Gasteiger partial charge in [-0.3, -0.25) is 9.59 Å². The van der Waals surface area contributed by atoms with Gasteiger partial charge in [0.1, 0.15) is 17.3 Å². The van der Waals surface area contributed by atoms with Gasteiger partial charge >= 0.3 is 0 Å². The first-order valence-corrected chi connectivity index (χ1v) is 9.38. The topological polar surface area (TPSA) is 71.8 Å². The Labute approximate surface area is 158 Å². The largest absolute Gasteiger partial charge is 0.484 e. The minimum Gasteiger partial charge on any atom is -0.484 e. The molecule has 6 nitrogen and oxygen atoms in total. The summed E-state index contributed by atoms with van der Waals surface area (Å²) < 4.78 is 11.5. The van der Waals surface area contributed by atoms with Crippen LogP contribution in [0.1, 0.15) is 42.8 Å². The maximum absolute atomic E-state index is 12.4. The quantitative estimate of drug-likeness (QED) is 0.849. The monoisotopic (exact) mass is 368 g/mol. The molecule has 0 saturated heterocycles. The molecule has 1 aromatic carbocycles. The molecule has 2 aromatic rings. The molecule has 1 saturated carbocycles. The third-order valence-corrected chi connectivity index (χ3v) is 5.31. The molecule has 27 heavy (non-hydrogen) atoms. The molecule has 0 radical (unpaired) electrons. The van der Waals surface area contributed by atoms with Gasteiger partial charge in [0.2, 0.25) is 5.91 Å². The Hall–Kier alpha value is -2.76. The number of benzene rings is 1. The first-order chi connectivity index (χ1) is 13.0. The fraction of sp³-hybridized carbons (Fsp3) is 0.429. The maximum Gasteiger partial charge on any atom is 0.260 e. The number of likely N-dealkylation sites (N-methyl/N-ethyl adjacent to an activating group) is 1. The van der Waals surface area contributed by atoms with E-state index in [0.717, 1.165) is 22.8 Å². The summed E-state index contributed by atoms with van der Waals surface area (Å²) in [6, 6.07) is 9.44. The summed E-state index contributed by atoms with van der Waals surface area (Å²) in [6.07, 6.45) is 2.34. The van der Waals surface area contributed by atoms with Gasteiger partial charge in [0, 0.05) is 25.1 Å². The lowest BCUT2D eigenvalue weighted by Crippen LogP contribution is -2.30. The summed E-state index contributed by atoms with van der Waals surface area (Å²) in [5, 5.41) is 2.83. The van der Waals surface area contributed by atoms with E-state index in [-0.39, 0.29) is 18.4 Å². The van der Waals surface area contributed by atoms with Gasteiger partial charge < -0.3 is 19.4 Å². The number of fused-ring (bicyclic) bond motifs is 1. The van der Waals surface area contributed by atoms with Crippen molar-refractivity contribution in [3.05, 3.63) is 47.4 Å². The lowest BCUT2D eigenvalue weighted by atomic mass is 10.0. The third-order valence-electron chi connectivity index (χ3n) is 5.31. The molecule has 0 bridgehead atoms. The normalized spacial score (nSPS) is 20.6. The molecule has 2 aliphatic rings. The molecule has 1 aromatic heterocycles. The van der Waals surface area contributed by atoms with Crippen LogP contribution >= 0.6 is 0 Å². The standard InChI is InChI=1S/C21H24N2O4/c1-13-9-17(13)19-7-5-16(27-19)11-23(2)21(25)12-26-15-4-6-18-14(10-15)3-8-20(24)22-18/h4-7,10,13,17H,3,8-9,11-12H2,1-2H3,(H,22,24)/t13-,17-/m0/s1. The van der Waals surface area contributed by atoms with E-state index in [0.29, 0.717) is 37.0 Å². The Morgan fingerprint density at radius 1 is 1.30 bits per heavy atom. The highest BCUT2D eigenvalue weighted by Gasteiger charge is 2.36. The highest BCUT2D eigenvalue weighted by Crippen LogP contribution is 2.47. The number of rotatable bonds is 6. The molecule has 0 spiro atoms. The number of aryl methyl sites for hydroxylation is 1. The predicted octanol–water partition coefficient (Wildman–Crippen LogP) is 3.33. The third kappa shape index (κ3) is 3.99. The lowest BCUT2D eigenvalue weighted by molar-refractivity contribution is -0.132. The number of amides is 2. The van der Waals surface area contributed by atoms with E-state index in [9.17, 15) is 9.59 Å². The van der Waals surface area contributed by atoms with Crippen molar-refractivity contribution in [3.63, 3.8) is 0 Å². The highest BCUT2D eigenvalue weighted by molar-refractivity contribution is 5.94. The Morgan fingerprint density at radius 3 is 2.89 bits per heavy atom. The van der Waals surface area contributed by atoms with Crippen LogP contribution in [0.4, 0.5) is 5.69 Å². The van der Waals surface area contributed by atoms with E-state index in [4.69, 9.17) is 9.15 Å². The van der Waals surface area contributed by atoms with E-state index < -0.39 is 0 Å². The Balaban J connectivity index is 1.30. The van der Waals surface area contributed by atoms with Crippen molar-refractivity contribution in [1.29, 1.82) is 0 Å². The fourth-order valence-electron chi connectivity index (χ4n) is 3.42. The van der Waals surface area contributed by atoms with Crippen LogP contribution < -0.4 is 10.1 Å². The molecule has 2 heterocycles. The van der Waals surface area contributed by atoms with Crippen LogP contribution in [0, 0.1) is 5.92 Å². The van der Waals surface area contributed by atoms with Gasteiger partial charge in [-0.2, -0.15) is 0 Å². The number of hydrogen-bond donors (Lipinski definition) is 1. The molecule has 1 aliphatic carbocycles. The van der Waals surface area contributed by atoms with Gasteiger partial charge in [-0.15, -0.1) is 0 Å². The van der Waals surface area contributed by atoms with Crippen LogP contribution in [-0.4, -0.2) is 30.4 Å². The van der Waals surface area contributed by atoms with Gasteiger partial charge in [0.05, 0.1) is 6.54 Å². The van der Waals surface area contributed by atoms with Crippen molar-refractivity contribution in [3.8, 4) is 5.75 Å². The van der Waals surface area contributed by atoms with Crippen LogP contribution in [0.25, 0.3) is 0 Å². The summed E-state index contributed by atoms with van der Waals surface area (Å²) in [7, 11) is 1.75. The van der Waals surface area contributed by atoms with E-state index in [1.54, 1.807) is 18.0 Å². The van der Waals surface area contributed by atoms with Crippen molar-refractivity contribution in [2.45, 2.75) is 38.6 Å². The number of carbonyl (C=O) groups excluding carboxylic acids is 2.